The first-order valence-electron chi connectivity index (χ1n) is 6.28. The Bertz CT molecular complexity index is 516. The molecule has 0 aliphatic heterocycles. The van der Waals surface area contributed by atoms with Crippen molar-refractivity contribution in [2.75, 3.05) is 6.54 Å². The van der Waals surface area contributed by atoms with E-state index in [2.05, 4.69) is 17.2 Å². The summed E-state index contributed by atoms with van der Waals surface area (Å²) in [4.78, 5) is 4.26. The highest BCUT2D eigenvalue weighted by atomic mass is 35.5. The molecule has 0 amide bonds. The van der Waals surface area contributed by atoms with Crippen LogP contribution in [0.15, 0.2) is 29.8 Å². The summed E-state index contributed by atoms with van der Waals surface area (Å²) in [6.45, 7) is 2.92. The van der Waals surface area contributed by atoms with Crippen molar-refractivity contribution < 1.29 is 4.39 Å². The maximum absolute atomic E-state index is 14.1. The van der Waals surface area contributed by atoms with Crippen LogP contribution in [0.4, 0.5) is 4.39 Å². The summed E-state index contributed by atoms with van der Waals surface area (Å²) in [5.41, 5.74) is 0.608. The van der Waals surface area contributed by atoms with Gasteiger partial charge in [-0.1, -0.05) is 30.7 Å². The van der Waals surface area contributed by atoms with Crippen molar-refractivity contribution in [2.45, 2.75) is 25.8 Å². The SMILES string of the molecule is CCCNC(Cc1nccs1)c1cccc(Cl)c1F. The van der Waals surface area contributed by atoms with Crippen molar-refractivity contribution in [3.8, 4) is 0 Å². The highest BCUT2D eigenvalue weighted by Gasteiger charge is 2.18. The zero-order valence-electron chi connectivity index (χ0n) is 10.7. The molecule has 0 aliphatic rings. The highest BCUT2D eigenvalue weighted by Crippen LogP contribution is 2.26. The molecule has 0 bridgehead atoms. The summed E-state index contributed by atoms with van der Waals surface area (Å²) in [6.07, 6.45) is 3.44. The lowest BCUT2D eigenvalue weighted by molar-refractivity contribution is 0.496. The van der Waals surface area contributed by atoms with Gasteiger partial charge in [0.05, 0.1) is 10.0 Å². The number of halogens is 2. The van der Waals surface area contributed by atoms with Gasteiger partial charge in [-0.3, -0.25) is 0 Å². The molecule has 0 saturated heterocycles. The van der Waals surface area contributed by atoms with Crippen LogP contribution in [-0.2, 0) is 6.42 Å². The van der Waals surface area contributed by atoms with Gasteiger partial charge in [0.2, 0.25) is 0 Å². The minimum absolute atomic E-state index is 0.0928. The summed E-state index contributed by atoms with van der Waals surface area (Å²) in [5, 5.41) is 6.45. The molecule has 1 aromatic carbocycles. The van der Waals surface area contributed by atoms with Gasteiger partial charge in [-0.2, -0.15) is 0 Å². The lowest BCUT2D eigenvalue weighted by Gasteiger charge is -2.19. The molecule has 2 aromatic rings. The molecule has 2 nitrogen and oxygen atoms in total. The van der Waals surface area contributed by atoms with Gasteiger partial charge in [0, 0.05) is 29.6 Å². The maximum Gasteiger partial charge on any atom is 0.146 e. The van der Waals surface area contributed by atoms with Gasteiger partial charge in [-0.15, -0.1) is 11.3 Å². The van der Waals surface area contributed by atoms with E-state index in [0.29, 0.717) is 12.0 Å². The predicted octanol–water partition coefficient (Wildman–Crippen LogP) is 4.22. The number of rotatable bonds is 6. The Kier molecular flexibility index (Phi) is 5.31. The zero-order valence-corrected chi connectivity index (χ0v) is 12.3. The van der Waals surface area contributed by atoms with Crippen LogP contribution in [0.2, 0.25) is 5.02 Å². The van der Waals surface area contributed by atoms with Crippen LogP contribution < -0.4 is 5.32 Å². The van der Waals surface area contributed by atoms with E-state index in [9.17, 15) is 4.39 Å². The molecule has 5 heteroatoms. The molecule has 0 radical (unpaired) electrons. The van der Waals surface area contributed by atoms with Gasteiger partial charge >= 0.3 is 0 Å². The van der Waals surface area contributed by atoms with Crippen molar-refractivity contribution >= 4 is 22.9 Å². The fraction of sp³-hybridized carbons (Fsp3) is 0.357. The summed E-state index contributed by atoms with van der Waals surface area (Å²) < 4.78 is 14.1. The molecule has 1 heterocycles. The average molecular weight is 299 g/mol. The van der Waals surface area contributed by atoms with E-state index in [-0.39, 0.29) is 16.9 Å². The summed E-state index contributed by atoms with van der Waals surface area (Å²) in [6, 6.07) is 5.04. The fourth-order valence-electron chi connectivity index (χ4n) is 1.93. The highest BCUT2D eigenvalue weighted by molar-refractivity contribution is 7.09. The molecule has 2 rings (SSSR count). The Balaban J connectivity index is 2.23. The van der Waals surface area contributed by atoms with Crippen LogP contribution in [0.5, 0.6) is 0 Å². The quantitative estimate of drug-likeness (QED) is 0.864. The van der Waals surface area contributed by atoms with Crippen molar-refractivity contribution in [3.63, 3.8) is 0 Å². The van der Waals surface area contributed by atoms with Crippen LogP contribution in [0.25, 0.3) is 0 Å². The zero-order chi connectivity index (χ0) is 13.7. The first-order chi connectivity index (χ1) is 9.22. The Morgan fingerprint density at radius 3 is 3.00 bits per heavy atom. The van der Waals surface area contributed by atoms with E-state index < -0.39 is 0 Å². The van der Waals surface area contributed by atoms with Crippen LogP contribution in [-0.4, -0.2) is 11.5 Å². The molecule has 0 fully saturated rings. The normalized spacial score (nSPS) is 12.6. The van der Waals surface area contributed by atoms with Crippen molar-refractivity contribution in [1.82, 2.24) is 10.3 Å². The topological polar surface area (TPSA) is 24.9 Å². The largest absolute Gasteiger partial charge is 0.309 e. The molecular weight excluding hydrogens is 283 g/mol. The second-order valence-corrected chi connectivity index (χ2v) is 5.67. The lowest BCUT2D eigenvalue weighted by atomic mass is 10.0. The average Bonchev–Trinajstić information content (AvgIpc) is 2.91. The van der Waals surface area contributed by atoms with Crippen molar-refractivity contribution in [3.05, 3.63) is 51.2 Å². The Morgan fingerprint density at radius 1 is 1.47 bits per heavy atom. The number of hydrogen-bond acceptors (Lipinski definition) is 3. The number of hydrogen-bond donors (Lipinski definition) is 1. The standard InChI is InChI=1S/C14H16ClFN2S/c1-2-6-17-12(9-13-18-7-8-19-13)10-4-3-5-11(15)14(10)16/h3-5,7-8,12,17H,2,6,9H2,1H3. The van der Waals surface area contributed by atoms with Crippen LogP contribution >= 0.6 is 22.9 Å². The van der Waals surface area contributed by atoms with E-state index in [1.165, 1.54) is 0 Å². The van der Waals surface area contributed by atoms with Crippen molar-refractivity contribution in [2.24, 2.45) is 0 Å². The minimum atomic E-state index is -0.339. The predicted molar refractivity (Wildman–Crippen MR) is 78.3 cm³/mol. The van der Waals surface area contributed by atoms with Crippen LogP contribution in [0.1, 0.15) is 30.0 Å². The van der Waals surface area contributed by atoms with Gasteiger partial charge in [0.1, 0.15) is 5.82 Å². The van der Waals surface area contributed by atoms with E-state index >= 15 is 0 Å². The monoisotopic (exact) mass is 298 g/mol. The Labute approximate surface area is 121 Å². The number of nitrogens with zero attached hydrogens (tertiary/aromatic N) is 1. The first-order valence-corrected chi connectivity index (χ1v) is 7.53. The number of aromatic nitrogens is 1. The second-order valence-electron chi connectivity index (χ2n) is 4.28. The third-order valence-corrected chi connectivity index (χ3v) is 3.95. The summed E-state index contributed by atoms with van der Waals surface area (Å²) in [7, 11) is 0. The van der Waals surface area contributed by atoms with Gasteiger partial charge in [0.25, 0.3) is 0 Å². The molecule has 0 spiro atoms. The second kappa shape index (κ2) is 6.98. The lowest BCUT2D eigenvalue weighted by Crippen LogP contribution is -2.25. The smallest absolute Gasteiger partial charge is 0.146 e. The number of thiazole rings is 1. The van der Waals surface area contributed by atoms with Crippen LogP contribution in [0.3, 0.4) is 0 Å². The van der Waals surface area contributed by atoms with Gasteiger partial charge in [-0.05, 0) is 19.0 Å². The van der Waals surface area contributed by atoms with E-state index in [1.54, 1.807) is 35.7 Å². The Morgan fingerprint density at radius 2 is 2.32 bits per heavy atom. The van der Waals surface area contributed by atoms with Crippen molar-refractivity contribution in [1.29, 1.82) is 0 Å². The number of nitrogens with one attached hydrogen (secondary N) is 1. The van der Waals surface area contributed by atoms with Gasteiger partial charge in [0.15, 0.2) is 0 Å². The first kappa shape index (κ1) is 14.4. The third kappa shape index (κ3) is 3.75. The minimum Gasteiger partial charge on any atom is -0.309 e. The molecule has 0 aliphatic carbocycles. The van der Waals surface area contributed by atoms with Gasteiger partial charge in [-0.25, -0.2) is 9.37 Å². The maximum atomic E-state index is 14.1. The van der Waals surface area contributed by atoms with E-state index in [0.717, 1.165) is 18.0 Å². The third-order valence-electron chi connectivity index (χ3n) is 2.86. The molecule has 1 aromatic heterocycles. The fourth-order valence-corrected chi connectivity index (χ4v) is 2.77. The molecule has 102 valence electrons. The molecule has 0 saturated carbocycles. The molecule has 1 atom stereocenters. The molecule has 1 unspecified atom stereocenters. The number of benzene rings is 1. The van der Waals surface area contributed by atoms with Crippen LogP contribution in [0, 0.1) is 5.82 Å². The summed E-state index contributed by atoms with van der Waals surface area (Å²) >= 11 is 7.44. The van der Waals surface area contributed by atoms with Gasteiger partial charge < -0.3 is 5.32 Å². The molecule has 1 N–H and O–H groups in total. The Hall–Kier alpha value is -0.970. The molecular formula is C14H16ClFN2S. The molecule has 19 heavy (non-hydrogen) atoms. The van der Waals surface area contributed by atoms with E-state index in [1.807, 2.05) is 5.38 Å². The van der Waals surface area contributed by atoms with E-state index in [4.69, 9.17) is 11.6 Å². The summed E-state index contributed by atoms with van der Waals surface area (Å²) in [5.74, 6) is -0.339.